The molecule has 1 aliphatic rings. The van der Waals surface area contributed by atoms with Crippen molar-refractivity contribution in [2.24, 2.45) is 0 Å². The van der Waals surface area contributed by atoms with Crippen molar-refractivity contribution in [3.8, 4) is 0 Å². The summed E-state index contributed by atoms with van der Waals surface area (Å²) in [4.78, 5) is 1.75. The molecule has 0 aromatic heterocycles. The minimum atomic E-state index is -0.513. The van der Waals surface area contributed by atoms with Crippen LogP contribution >= 0.6 is 15.9 Å². The van der Waals surface area contributed by atoms with Crippen LogP contribution in [0.3, 0.4) is 0 Å². The van der Waals surface area contributed by atoms with Crippen molar-refractivity contribution in [3.05, 3.63) is 28.2 Å². The predicted octanol–water partition coefficient (Wildman–Crippen LogP) is 2.53. The van der Waals surface area contributed by atoms with Gasteiger partial charge in [0.1, 0.15) is 5.69 Å². The standard InChI is InChI=1S/C11H13BrF2N2/c1-7-6-16(3-2-15-7)11-9(13)4-8(12)5-10(11)14/h4-5,7,15H,2-3,6H2,1H3. The van der Waals surface area contributed by atoms with Crippen LogP contribution in [0.2, 0.25) is 0 Å². The molecule has 88 valence electrons. The Morgan fingerprint density at radius 3 is 2.56 bits per heavy atom. The van der Waals surface area contributed by atoms with Crippen molar-refractivity contribution in [1.82, 2.24) is 5.32 Å². The van der Waals surface area contributed by atoms with Gasteiger partial charge >= 0.3 is 0 Å². The number of piperazine rings is 1. The summed E-state index contributed by atoms with van der Waals surface area (Å²) < 4.78 is 27.8. The van der Waals surface area contributed by atoms with E-state index >= 15 is 0 Å². The van der Waals surface area contributed by atoms with Gasteiger partial charge in [-0.25, -0.2) is 8.78 Å². The summed E-state index contributed by atoms with van der Waals surface area (Å²) in [6, 6.07) is 2.84. The predicted molar refractivity (Wildman–Crippen MR) is 63.7 cm³/mol. The van der Waals surface area contributed by atoms with Gasteiger partial charge in [-0.3, -0.25) is 0 Å². The third-order valence-corrected chi connectivity index (χ3v) is 3.12. The molecule has 1 aliphatic heterocycles. The molecule has 1 unspecified atom stereocenters. The summed E-state index contributed by atoms with van der Waals surface area (Å²) >= 11 is 3.07. The van der Waals surface area contributed by atoms with Gasteiger partial charge < -0.3 is 10.2 Å². The van der Waals surface area contributed by atoms with Crippen molar-refractivity contribution in [1.29, 1.82) is 0 Å². The molecule has 1 aromatic rings. The van der Waals surface area contributed by atoms with Crippen molar-refractivity contribution < 1.29 is 8.78 Å². The van der Waals surface area contributed by atoms with Crippen LogP contribution in [-0.4, -0.2) is 25.7 Å². The van der Waals surface area contributed by atoms with Gasteiger partial charge in [0.05, 0.1) is 0 Å². The lowest BCUT2D eigenvalue weighted by Crippen LogP contribution is -2.49. The summed E-state index contributed by atoms with van der Waals surface area (Å²) in [5, 5.41) is 3.24. The van der Waals surface area contributed by atoms with Gasteiger partial charge in [-0.2, -0.15) is 0 Å². The number of anilines is 1. The van der Waals surface area contributed by atoms with E-state index in [2.05, 4.69) is 21.2 Å². The number of benzene rings is 1. The zero-order chi connectivity index (χ0) is 11.7. The molecule has 2 rings (SSSR count). The maximum absolute atomic E-state index is 13.7. The Balaban J connectivity index is 2.32. The van der Waals surface area contributed by atoms with E-state index in [9.17, 15) is 8.78 Å². The average Bonchev–Trinajstić information content (AvgIpc) is 2.15. The van der Waals surface area contributed by atoms with Crippen LogP contribution in [0.1, 0.15) is 6.92 Å². The van der Waals surface area contributed by atoms with E-state index in [1.807, 2.05) is 6.92 Å². The number of hydrogen-bond acceptors (Lipinski definition) is 2. The second-order valence-corrected chi connectivity index (χ2v) is 4.93. The molecule has 0 amide bonds. The van der Waals surface area contributed by atoms with Crippen LogP contribution in [-0.2, 0) is 0 Å². The van der Waals surface area contributed by atoms with Crippen LogP contribution in [0.5, 0.6) is 0 Å². The Kier molecular flexibility index (Phi) is 3.44. The normalized spacial score (nSPS) is 21.2. The molecule has 1 heterocycles. The highest BCUT2D eigenvalue weighted by Crippen LogP contribution is 2.27. The molecule has 16 heavy (non-hydrogen) atoms. The van der Waals surface area contributed by atoms with E-state index < -0.39 is 11.6 Å². The fourth-order valence-electron chi connectivity index (χ4n) is 1.97. The van der Waals surface area contributed by atoms with Crippen LogP contribution < -0.4 is 10.2 Å². The highest BCUT2D eigenvalue weighted by Gasteiger charge is 2.22. The molecule has 0 radical (unpaired) electrons. The van der Waals surface area contributed by atoms with Gasteiger partial charge in [-0.05, 0) is 19.1 Å². The topological polar surface area (TPSA) is 15.3 Å². The molecular formula is C11H13BrF2N2. The van der Waals surface area contributed by atoms with E-state index in [1.54, 1.807) is 4.90 Å². The number of nitrogens with zero attached hydrogens (tertiary/aromatic N) is 1. The summed E-state index contributed by atoms with van der Waals surface area (Å²) in [6.07, 6.45) is 0. The lowest BCUT2D eigenvalue weighted by molar-refractivity contribution is 0.469. The van der Waals surface area contributed by atoms with Gasteiger partial charge in [0, 0.05) is 30.1 Å². The van der Waals surface area contributed by atoms with E-state index in [4.69, 9.17) is 0 Å². The number of halogens is 3. The molecule has 2 nitrogen and oxygen atoms in total. The van der Waals surface area contributed by atoms with Crippen molar-refractivity contribution in [3.63, 3.8) is 0 Å². The zero-order valence-electron chi connectivity index (χ0n) is 8.93. The smallest absolute Gasteiger partial charge is 0.150 e. The third kappa shape index (κ3) is 2.35. The quantitative estimate of drug-likeness (QED) is 0.855. The van der Waals surface area contributed by atoms with Crippen LogP contribution in [0.25, 0.3) is 0 Å². The Morgan fingerprint density at radius 2 is 2.00 bits per heavy atom. The summed E-state index contributed by atoms with van der Waals surface area (Å²) in [5.41, 5.74) is 0.0801. The van der Waals surface area contributed by atoms with Gasteiger partial charge in [-0.1, -0.05) is 15.9 Å². The molecule has 1 aromatic carbocycles. The molecular weight excluding hydrogens is 278 g/mol. The maximum Gasteiger partial charge on any atom is 0.150 e. The van der Waals surface area contributed by atoms with Crippen LogP contribution in [0.4, 0.5) is 14.5 Å². The second-order valence-electron chi connectivity index (χ2n) is 4.02. The number of nitrogens with one attached hydrogen (secondary N) is 1. The minimum Gasteiger partial charge on any atom is -0.364 e. The summed E-state index contributed by atoms with van der Waals surface area (Å²) in [7, 11) is 0. The lowest BCUT2D eigenvalue weighted by Gasteiger charge is -2.34. The molecule has 1 N–H and O–H groups in total. The summed E-state index contributed by atoms with van der Waals surface area (Å²) in [5.74, 6) is -1.03. The molecule has 1 saturated heterocycles. The van der Waals surface area contributed by atoms with Crippen molar-refractivity contribution >= 4 is 21.6 Å². The van der Waals surface area contributed by atoms with Crippen LogP contribution in [0, 0.1) is 11.6 Å². The van der Waals surface area contributed by atoms with E-state index in [1.165, 1.54) is 12.1 Å². The first-order valence-electron chi connectivity index (χ1n) is 5.21. The van der Waals surface area contributed by atoms with Crippen molar-refractivity contribution in [2.75, 3.05) is 24.5 Å². The largest absolute Gasteiger partial charge is 0.364 e. The molecule has 1 atom stereocenters. The molecule has 0 spiro atoms. The first-order chi connectivity index (χ1) is 7.58. The molecule has 0 saturated carbocycles. The van der Waals surface area contributed by atoms with E-state index in [0.29, 0.717) is 17.6 Å². The third-order valence-electron chi connectivity index (χ3n) is 2.67. The van der Waals surface area contributed by atoms with Gasteiger partial charge in [0.2, 0.25) is 0 Å². The Hall–Kier alpha value is -0.680. The number of rotatable bonds is 1. The van der Waals surface area contributed by atoms with Gasteiger partial charge in [-0.15, -0.1) is 0 Å². The van der Waals surface area contributed by atoms with Gasteiger partial charge in [0.25, 0.3) is 0 Å². The first-order valence-corrected chi connectivity index (χ1v) is 6.00. The Morgan fingerprint density at radius 1 is 1.38 bits per heavy atom. The monoisotopic (exact) mass is 290 g/mol. The maximum atomic E-state index is 13.7. The fourth-order valence-corrected chi connectivity index (χ4v) is 2.37. The second kappa shape index (κ2) is 4.67. The lowest BCUT2D eigenvalue weighted by atomic mass is 10.2. The average molecular weight is 291 g/mol. The molecule has 1 fully saturated rings. The SMILES string of the molecule is CC1CN(c2c(F)cc(Br)cc2F)CCN1. The molecule has 0 bridgehead atoms. The zero-order valence-corrected chi connectivity index (χ0v) is 10.5. The highest BCUT2D eigenvalue weighted by atomic mass is 79.9. The van der Waals surface area contributed by atoms with Gasteiger partial charge in [0.15, 0.2) is 11.6 Å². The molecule has 5 heteroatoms. The van der Waals surface area contributed by atoms with Crippen LogP contribution in [0.15, 0.2) is 16.6 Å². The fraction of sp³-hybridized carbons (Fsp3) is 0.455. The number of hydrogen-bond donors (Lipinski definition) is 1. The summed E-state index contributed by atoms with van der Waals surface area (Å²) in [6.45, 7) is 3.99. The minimum absolute atomic E-state index is 0.0801. The highest BCUT2D eigenvalue weighted by molar-refractivity contribution is 9.10. The van der Waals surface area contributed by atoms with Crippen molar-refractivity contribution in [2.45, 2.75) is 13.0 Å². The Labute approximate surface area is 102 Å². The van der Waals surface area contributed by atoms with E-state index in [0.717, 1.165) is 6.54 Å². The Bertz CT molecular complexity index is 375. The first kappa shape index (κ1) is 11.8. The van der Waals surface area contributed by atoms with E-state index in [-0.39, 0.29) is 11.7 Å². The molecule has 0 aliphatic carbocycles.